The molecule has 0 amide bonds. The number of nitrogens with one attached hydrogen (secondary N) is 1. The van der Waals surface area contributed by atoms with Gasteiger partial charge in [-0.15, -0.1) is 5.48 Å². The lowest BCUT2D eigenvalue weighted by Gasteiger charge is -2.11. The lowest BCUT2D eigenvalue weighted by molar-refractivity contribution is 0.125. The van der Waals surface area contributed by atoms with Gasteiger partial charge in [-0.25, -0.2) is 0 Å². The quantitative estimate of drug-likeness (QED) is 0.639. The minimum Gasteiger partial charge on any atom is -0.413 e. The van der Waals surface area contributed by atoms with Crippen molar-refractivity contribution in [2.24, 2.45) is 0 Å². The first-order chi connectivity index (χ1) is 5.86. The highest BCUT2D eigenvalue weighted by Gasteiger charge is 2.16. The highest BCUT2D eigenvalue weighted by molar-refractivity contribution is 5.32. The van der Waals surface area contributed by atoms with Crippen LogP contribution in [0.2, 0.25) is 0 Å². The molecule has 12 heavy (non-hydrogen) atoms. The Morgan fingerprint density at radius 1 is 1.50 bits per heavy atom. The normalized spacial score (nSPS) is 27.9. The van der Waals surface area contributed by atoms with Crippen molar-refractivity contribution >= 4 is 0 Å². The zero-order chi connectivity index (χ0) is 8.39. The molecule has 1 heterocycles. The summed E-state index contributed by atoms with van der Waals surface area (Å²) in [6.45, 7) is 1.96. The van der Waals surface area contributed by atoms with E-state index >= 15 is 0 Å². The van der Waals surface area contributed by atoms with Gasteiger partial charge in [0.05, 0.1) is 6.04 Å². The summed E-state index contributed by atoms with van der Waals surface area (Å²) in [5.74, 6) is 0.958. The molecule has 2 aliphatic rings. The molecule has 0 fully saturated rings. The van der Waals surface area contributed by atoms with E-state index in [-0.39, 0.29) is 6.04 Å². The lowest BCUT2D eigenvalue weighted by Crippen LogP contribution is -2.22. The summed E-state index contributed by atoms with van der Waals surface area (Å²) in [6.07, 6.45) is 11.0. The average molecular weight is 163 g/mol. The minimum absolute atomic E-state index is 0.265. The third-order valence-electron chi connectivity index (χ3n) is 2.13. The van der Waals surface area contributed by atoms with Gasteiger partial charge in [-0.1, -0.05) is 18.2 Å². The number of hydrogen-bond acceptors (Lipinski definition) is 2. The molecular formula is C10H13NO. The van der Waals surface area contributed by atoms with Crippen LogP contribution in [0.1, 0.15) is 19.8 Å². The maximum absolute atomic E-state index is 5.16. The Hall–Kier alpha value is -1.02. The van der Waals surface area contributed by atoms with Crippen molar-refractivity contribution in [2.45, 2.75) is 25.8 Å². The molecule has 1 unspecified atom stereocenters. The molecule has 0 bridgehead atoms. The largest absolute Gasteiger partial charge is 0.413 e. The predicted molar refractivity (Wildman–Crippen MR) is 48.2 cm³/mol. The second kappa shape index (κ2) is 3.15. The van der Waals surface area contributed by atoms with E-state index < -0.39 is 0 Å². The standard InChI is InChI=1S/C10H13NO/c1-8-7-10(11-12-8)9-5-3-2-4-6-9/h3,5-7,10-11H,2,4H2,1H3. The Morgan fingerprint density at radius 3 is 3.00 bits per heavy atom. The summed E-state index contributed by atoms with van der Waals surface area (Å²) in [6, 6.07) is 0.265. The van der Waals surface area contributed by atoms with E-state index in [9.17, 15) is 0 Å². The van der Waals surface area contributed by atoms with Crippen molar-refractivity contribution in [3.8, 4) is 0 Å². The molecule has 0 radical (unpaired) electrons. The van der Waals surface area contributed by atoms with Gasteiger partial charge in [-0.3, -0.25) is 0 Å². The van der Waals surface area contributed by atoms with Gasteiger partial charge in [-0.2, -0.15) is 0 Å². The second-order valence-electron chi connectivity index (χ2n) is 3.16. The van der Waals surface area contributed by atoms with Crippen LogP contribution in [-0.4, -0.2) is 6.04 Å². The summed E-state index contributed by atoms with van der Waals surface area (Å²) < 4.78 is 0. The van der Waals surface area contributed by atoms with Gasteiger partial charge in [-0.05, 0) is 31.4 Å². The molecule has 2 nitrogen and oxygen atoms in total. The topological polar surface area (TPSA) is 21.3 Å². The smallest absolute Gasteiger partial charge is 0.119 e. The first-order valence-corrected chi connectivity index (χ1v) is 4.33. The summed E-state index contributed by atoms with van der Waals surface area (Å²) in [5, 5.41) is 0. The number of rotatable bonds is 1. The molecule has 0 aromatic carbocycles. The third-order valence-corrected chi connectivity index (χ3v) is 2.13. The Labute approximate surface area is 72.6 Å². The fourth-order valence-corrected chi connectivity index (χ4v) is 1.49. The molecule has 1 N–H and O–H groups in total. The zero-order valence-electron chi connectivity index (χ0n) is 7.21. The Kier molecular flexibility index (Phi) is 2.00. The molecule has 64 valence electrons. The van der Waals surface area contributed by atoms with Crippen molar-refractivity contribution in [3.05, 3.63) is 35.6 Å². The molecule has 2 rings (SSSR count). The van der Waals surface area contributed by atoms with Crippen LogP contribution in [0.15, 0.2) is 35.6 Å². The van der Waals surface area contributed by atoms with Crippen molar-refractivity contribution in [1.29, 1.82) is 0 Å². The van der Waals surface area contributed by atoms with Crippen molar-refractivity contribution in [1.82, 2.24) is 5.48 Å². The van der Waals surface area contributed by atoms with E-state index in [1.54, 1.807) is 0 Å². The molecule has 0 saturated carbocycles. The molecule has 0 spiro atoms. The van der Waals surface area contributed by atoms with E-state index in [2.05, 4.69) is 29.8 Å². The van der Waals surface area contributed by atoms with Crippen LogP contribution < -0.4 is 5.48 Å². The average Bonchev–Trinajstić information content (AvgIpc) is 2.54. The maximum Gasteiger partial charge on any atom is 0.119 e. The fraction of sp³-hybridized carbons (Fsp3) is 0.400. The molecular weight excluding hydrogens is 150 g/mol. The molecule has 0 aromatic heterocycles. The molecule has 1 aliphatic heterocycles. The maximum atomic E-state index is 5.16. The van der Waals surface area contributed by atoms with E-state index in [1.807, 2.05) is 6.92 Å². The van der Waals surface area contributed by atoms with Crippen LogP contribution in [-0.2, 0) is 4.84 Å². The Bertz CT molecular complexity index is 263. The Balaban J connectivity index is 2.10. The monoisotopic (exact) mass is 163 g/mol. The van der Waals surface area contributed by atoms with Gasteiger partial charge in [0.1, 0.15) is 5.76 Å². The molecule has 0 aromatic rings. The third kappa shape index (κ3) is 1.43. The van der Waals surface area contributed by atoms with Crippen LogP contribution in [0.5, 0.6) is 0 Å². The molecule has 1 atom stereocenters. The van der Waals surface area contributed by atoms with E-state index in [0.717, 1.165) is 12.2 Å². The highest BCUT2D eigenvalue weighted by Crippen LogP contribution is 2.18. The van der Waals surface area contributed by atoms with Gasteiger partial charge in [0.25, 0.3) is 0 Å². The van der Waals surface area contributed by atoms with Crippen LogP contribution in [0.3, 0.4) is 0 Å². The van der Waals surface area contributed by atoms with E-state index in [0.29, 0.717) is 0 Å². The zero-order valence-corrected chi connectivity index (χ0v) is 7.21. The van der Waals surface area contributed by atoms with Crippen LogP contribution in [0.25, 0.3) is 0 Å². The lowest BCUT2D eigenvalue weighted by atomic mass is 10.0. The second-order valence-corrected chi connectivity index (χ2v) is 3.16. The van der Waals surface area contributed by atoms with Gasteiger partial charge in [0, 0.05) is 0 Å². The summed E-state index contributed by atoms with van der Waals surface area (Å²) >= 11 is 0. The van der Waals surface area contributed by atoms with Gasteiger partial charge in [0.2, 0.25) is 0 Å². The summed E-state index contributed by atoms with van der Waals surface area (Å²) in [7, 11) is 0. The van der Waals surface area contributed by atoms with Gasteiger partial charge < -0.3 is 4.84 Å². The first-order valence-electron chi connectivity index (χ1n) is 4.33. The van der Waals surface area contributed by atoms with Crippen LogP contribution in [0, 0.1) is 0 Å². The molecule has 0 saturated heterocycles. The number of allylic oxidation sites excluding steroid dienone is 3. The Morgan fingerprint density at radius 2 is 2.42 bits per heavy atom. The number of hydrogen-bond donors (Lipinski definition) is 1. The van der Waals surface area contributed by atoms with Crippen molar-refractivity contribution < 1.29 is 4.84 Å². The minimum atomic E-state index is 0.265. The number of hydroxylamine groups is 1. The van der Waals surface area contributed by atoms with E-state index in [4.69, 9.17) is 4.84 Å². The highest BCUT2D eigenvalue weighted by atomic mass is 16.7. The van der Waals surface area contributed by atoms with Crippen molar-refractivity contribution in [2.75, 3.05) is 0 Å². The van der Waals surface area contributed by atoms with Crippen molar-refractivity contribution in [3.63, 3.8) is 0 Å². The molecule has 2 heteroatoms. The van der Waals surface area contributed by atoms with Gasteiger partial charge in [0.15, 0.2) is 0 Å². The summed E-state index contributed by atoms with van der Waals surface area (Å²) in [4.78, 5) is 5.16. The fourth-order valence-electron chi connectivity index (χ4n) is 1.49. The SMILES string of the molecule is CC1=CC(C2=CCCC=C2)NO1. The molecule has 1 aliphatic carbocycles. The van der Waals surface area contributed by atoms with E-state index in [1.165, 1.54) is 12.0 Å². The van der Waals surface area contributed by atoms with Crippen LogP contribution >= 0.6 is 0 Å². The van der Waals surface area contributed by atoms with Gasteiger partial charge >= 0.3 is 0 Å². The first kappa shape index (κ1) is 7.62. The predicted octanol–water partition coefficient (Wildman–Crippen LogP) is 2.07. The summed E-state index contributed by atoms with van der Waals surface area (Å²) in [5.41, 5.74) is 4.28. The van der Waals surface area contributed by atoms with Crippen LogP contribution in [0.4, 0.5) is 0 Å².